The molecule has 17 heavy (non-hydrogen) atoms. The Bertz CT molecular complexity index is 487. The molecule has 2 aromatic rings. The van der Waals surface area contributed by atoms with Crippen molar-refractivity contribution < 1.29 is 4.74 Å². The molecule has 0 fully saturated rings. The molecule has 1 aromatic heterocycles. The van der Waals surface area contributed by atoms with Crippen LogP contribution >= 0.6 is 27.5 Å². The lowest BCUT2D eigenvalue weighted by Gasteiger charge is -2.06. The standard InChI is InChI=1S/C13H11BrClNO/c14-11-3-1-2-10(6-11)9-17-13-5-4-12(7-15)16-8-13/h1-6,8H,7,9H2. The Labute approximate surface area is 114 Å². The lowest BCUT2D eigenvalue weighted by atomic mass is 10.2. The first-order valence-electron chi connectivity index (χ1n) is 5.16. The number of nitrogens with zero attached hydrogens (tertiary/aromatic N) is 1. The molecule has 0 radical (unpaired) electrons. The topological polar surface area (TPSA) is 22.1 Å². The van der Waals surface area contributed by atoms with Crippen molar-refractivity contribution in [2.45, 2.75) is 12.5 Å². The van der Waals surface area contributed by atoms with Gasteiger partial charge in [-0.25, -0.2) is 0 Å². The third kappa shape index (κ3) is 3.72. The number of rotatable bonds is 4. The normalized spacial score (nSPS) is 10.2. The number of hydrogen-bond donors (Lipinski definition) is 0. The van der Waals surface area contributed by atoms with Crippen molar-refractivity contribution in [3.05, 3.63) is 58.3 Å². The molecule has 2 rings (SSSR count). The molecule has 4 heteroatoms. The van der Waals surface area contributed by atoms with Gasteiger partial charge in [-0.15, -0.1) is 11.6 Å². The molecule has 0 unspecified atom stereocenters. The maximum absolute atomic E-state index is 5.66. The summed E-state index contributed by atoms with van der Waals surface area (Å²) in [6, 6.07) is 11.8. The molecule has 0 atom stereocenters. The zero-order chi connectivity index (χ0) is 12.1. The van der Waals surface area contributed by atoms with E-state index in [1.807, 2.05) is 36.4 Å². The minimum atomic E-state index is 0.423. The molecule has 0 bridgehead atoms. The predicted molar refractivity (Wildman–Crippen MR) is 72.3 cm³/mol. The molecule has 0 aliphatic heterocycles. The van der Waals surface area contributed by atoms with Crippen molar-refractivity contribution in [3.8, 4) is 5.75 Å². The second-order valence-electron chi connectivity index (χ2n) is 3.54. The fourth-order valence-corrected chi connectivity index (χ4v) is 1.97. The van der Waals surface area contributed by atoms with E-state index < -0.39 is 0 Å². The van der Waals surface area contributed by atoms with Crippen LogP contribution in [0.5, 0.6) is 5.75 Å². The third-order valence-electron chi connectivity index (χ3n) is 2.23. The van der Waals surface area contributed by atoms with Crippen LogP contribution in [0, 0.1) is 0 Å². The van der Waals surface area contributed by atoms with Gasteiger partial charge in [-0.2, -0.15) is 0 Å². The summed E-state index contributed by atoms with van der Waals surface area (Å²) in [5.41, 5.74) is 1.96. The summed E-state index contributed by atoms with van der Waals surface area (Å²) in [5, 5.41) is 0. The highest BCUT2D eigenvalue weighted by Gasteiger charge is 1.98. The van der Waals surface area contributed by atoms with E-state index in [0.29, 0.717) is 12.5 Å². The summed E-state index contributed by atoms with van der Waals surface area (Å²) in [5.74, 6) is 1.17. The highest BCUT2D eigenvalue weighted by atomic mass is 79.9. The van der Waals surface area contributed by atoms with Crippen LogP contribution < -0.4 is 4.74 Å². The average Bonchev–Trinajstić information content (AvgIpc) is 2.37. The maximum atomic E-state index is 5.66. The lowest BCUT2D eigenvalue weighted by molar-refractivity contribution is 0.305. The van der Waals surface area contributed by atoms with E-state index >= 15 is 0 Å². The first kappa shape index (κ1) is 12.4. The summed E-state index contributed by atoms with van der Waals surface area (Å²) in [4.78, 5) is 4.16. The summed E-state index contributed by atoms with van der Waals surface area (Å²) in [7, 11) is 0. The molecule has 0 saturated heterocycles. The van der Waals surface area contributed by atoms with Gasteiger partial charge in [0.15, 0.2) is 0 Å². The van der Waals surface area contributed by atoms with E-state index in [1.54, 1.807) is 6.20 Å². The minimum absolute atomic E-state index is 0.423. The molecule has 1 heterocycles. The van der Waals surface area contributed by atoms with E-state index in [0.717, 1.165) is 21.5 Å². The quantitative estimate of drug-likeness (QED) is 0.791. The Morgan fingerprint density at radius 3 is 2.76 bits per heavy atom. The van der Waals surface area contributed by atoms with Gasteiger partial charge in [-0.3, -0.25) is 4.98 Å². The van der Waals surface area contributed by atoms with Crippen LogP contribution in [0.3, 0.4) is 0 Å². The zero-order valence-corrected chi connectivity index (χ0v) is 11.4. The maximum Gasteiger partial charge on any atom is 0.138 e. The zero-order valence-electron chi connectivity index (χ0n) is 9.07. The Morgan fingerprint density at radius 1 is 1.24 bits per heavy atom. The van der Waals surface area contributed by atoms with Crippen LogP contribution in [0.2, 0.25) is 0 Å². The third-order valence-corrected chi connectivity index (χ3v) is 3.00. The molecule has 0 aliphatic rings. The van der Waals surface area contributed by atoms with Crippen LogP contribution in [0.25, 0.3) is 0 Å². The van der Waals surface area contributed by atoms with E-state index in [-0.39, 0.29) is 0 Å². The van der Waals surface area contributed by atoms with Crippen molar-refractivity contribution >= 4 is 27.5 Å². The van der Waals surface area contributed by atoms with E-state index in [4.69, 9.17) is 16.3 Å². The van der Waals surface area contributed by atoms with Gasteiger partial charge in [0, 0.05) is 4.47 Å². The Balaban J connectivity index is 1.97. The lowest BCUT2D eigenvalue weighted by Crippen LogP contribution is -1.96. The van der Waals surface area contributed by atoms with Gasteiger partial charge in [0.2, 0.25) is 0 Å². The van der Waals surface area contributed by atoms with E-state index in [9.17, 15) is 0 Å². The molecule has 0 N–H and O–H groups in total. The van der Waals surface area contributed by atoms with Crippen molar-refractivity contribution in [3.63, 3.8) is 0 Å². The average molecular weight is 313 g/mol. The van der Waals surface area contributed by atoms with Gasteiger partial charge in [0.25, 0.3) is 0 Å². The van der Waals surface area contributed by atoms with Crippen LogP contribution in [0.15, 0.2) is 47.1 Å². The molecule has 0 aliphatic carbocycles. The first-order valence-corrected chi connectivity index (χ1v) is 6.49. The van der Waals surface area contributed by atoms with Crippen LogP contribution in [-0.4, -0.2) is 4.98 Å². The van der Waals surface area contributed by atoms with Crippen LogP contribution in [0.4, 0.5) is 0 Å². The molecule has 1 aromatic carbocycles. The van der Waals surface area contributed by atoms with E-state index in [1.165, 1.54) is 0 Å². The van der Waals surface area contributed by atoms with Gasteiger partial charge in [-0.1, -0.05) is 28.1 Å². The molecule has 2 nitrogen and oxygen atoms in total. The number of alkyl halides is 1. The van der Waals surface area contributed by atoms with Crippen molar-refractivity contribution in [2.75, 3.05) is 0 Å². The van der Waals surface area contributed by atoms with Gasteiger partial charge >= 0.3 is 0 Å². The smallest absolute Gasteiger partial charge is 0.138 e. The predicted octanol–water partition coefficient (Wildman–Crippen LogP) is 4.16. The summed E-state index contributed by atoms with van der Waals surface area (Å²) in [6.45, 7) is 0.529. The first-order chi connectivity index (χ1) is 8.28. The van der Waals surface area contributed by atoms with Crippen LogP contribution in [-0.2, 0) is 12.5 Å². The second kappa shape index (κ2) is 6.03. The van der Waals surface area contributed by atoms with Crippen molar-refractivity contribution in [1.29, 1.82) is 0 Å². The molecule has 0 amide bonds. The Morgan fingerprint density at radius 2 is 2.12 bits per heavy atom. The summed E-state index contributed by atoms with van der Waals surface area (Å²) in [6.07, 6.45) is 1.69. The van der Waals surface area contributed by atoms with Gasteiger partial charge in [0.05, 0.1) is 17.8 Å². The molecule has 0 saturated carbocycles. The van der Waals surface area contributed by atoms with Crippen LogP contribution in [0.1, 0.15) is 11.3 Å². The minimum Gasteiger partial charge on any atom is -0.487 e. The fraction of sp³-hybridized carbons (Fsp3) is 0.154. The molecular weight excluding hydrogens is 302 g/mol. The highest BCUT2D eigenvalue weighted by molar-refractivity contribution is 9.10. The molecule has 88 valence electrons. The Hall–Kier alpha value is -1.06. The SMILES string of the molecule is ClCc1ccc(OCc2cccc(Br)c2)cn1. The second-order valence-corrected chi connectivity index (χ2v) is 4.72. The van der Waals surface area contributed by atoms with Gasteiger partial charge in [-0.05, 0) is 29.8 Å². The number of pyridine rings is 1. The number of benzene rings is 1. The van der Waals surface area contributed by atoms with Gasteiger partial charge in [0.1, 0.15) is 12.4 Å². The largest absolute Gasteiger partial charge is 0.487 e. The number of ether oxygens (including phenoxy) is 1. The number of aromatic nitrogens is 1. The Kier molecular flexibility index (Phi) is 4.40. The van der Waals surface area contributed by atoms with E-state index in [2.05, 4.69) is 20.9 Å². The number of hydrogen-bond acceptors (Lipinski definition) is 2. The monoisotopic (exact) mass is 311 g/mol. The van der Waals surface area contributed by atoms with Crippen molar-refractivity contribution in [1.82, 2.24) is 4.98 Å². The number of halogens is 2. The summed E-state index contributed by atoms with van der Waals surface area (Å²) < 4.78 is 6.67. The van der Waals surface area contributed by atoms with Gasteiger partial charge < -0.3 is 4.74 Å². The molecule has 0 spiro atoms. The fourth-order valence-electron chi connectivity index (χ4n) is 1.37. The summed E-state index contributed by atoms with van der Waals surface area (Å²) >= 11 is 9.09. The highest BCUT2D eigenvalue weighted by Crippen LogP contribution is 2.15. The molecular formula is C13H11BrClNO. The van der Waals surface area contributed by atoms with Crippen molar-refractivity contribution in [2.24, 2.45) is 0 Å².